The number of rotatable bonds is 7. The fourth-order valence-corrected chi connectivity index (χ4v) is 4.33. The Balaban J connectivity index is 1.50. The van der Waals surface area contributed by atoms with Crippen LogP contribution in [0, 0.1) is 5.82 Å². The van der Waals surface area contributed by atoms with Crippen molar-refractivity contribution in [3.05, 3.63) is 64.0 Å². The molecule has 5 rings (SSSR count). The van der Waals surface area contributed by atoms with E-state index in [-0.39, 0.29) is 16.6 Å². The Morgan fingerprint density at radius 2 is 2.06 bits per heavy atom. The van der Waals surface area contributed by atoms with E-state index in [2.05, 4.69) is 20.3 Å². The molecular weight excluding hydrogens is 447 g/mol. The molecule has 170 valence electrons. The third-order valence-corrected chi connectivity index (χ3v) is 6.13. The van der Waals surface area contributed by atoms with Crippen LogP contribution in [0.15, 0.2) is 47.5 Å². The number of hydrogen-bond acceptors (Lipinski definition) is 4. The highest BCUT2D eigenvalue weighted by atomic mass is 35.5. The molecule has 0 bridgehead atoms. The Labute approximate surface area is 193 Å². The van der Waals surface area contributed by atoms with Gasteiger partial charge < -0.3 is 15.2 Å². The summed E-state index contributed by atoms with van der Waals surface area (Å²) in [6.45, 7) is 1.97. The number of halogens is 2. The molecule has 2 aromatic heterocycles. The molecule has 1 aliphatic rings. The molecule has 33 heavy (non-hydrogen) atoms. The molecule has 1 saturated heterocycles. The number of likely N-dealkylation sites (tertiary alicyclic amines) is 1. The molecule has 2 aromatic carbocycles. The van der Waals surface area contributed by atoms with Crippen molar-refractivity contribution < 1.29 is 9.18 Å². The molecule has 1 aliphatic heterocycles. The normalized spacial score (nSPS) is 13.9. The van der Waals surface area contributed by atoms with Gasteiger partial charge in [-0.1, -0.05) is 17.7 Å². The highest BCUT2D eigenvalue weighted by Crippen LogP contribution is 2.31. The number of fused-ring (bicyclic) bond motifs is 1. The number of aromatic amines is 2. The monoisotopic (exact) mass is 468 g/mol. The number of hydrogen-bond donors (Lipinski definition) is 3. The van der Waals surface area contributed by atoms with E-state index in [0.717, 1.165) is 24.0 Å². The molecule has 0 saturated carbocycles. The van der Waals surface area contributed by atoms with Crippen LogP contribution in [-0.2, 0) is 4.79 Å². The van der Waals surface area contributed by atoms with Gasteiger partial charge in [0.25, 0.3) is 0 Å². The van der Waals surface area contributed by atoms with Crippen molar-refractivity contribution in [2.45, 2.75) is 19.3 Å². The minimum Gasteiger partial charge on any atom is -0.370 e. The summed E-state index contributed by atoms with van der Waals surface area (Å²) < 4.78 is 15.8. The van der Waals surface area contributed by atoms with Crippen LogP contribution in [0.1, 0.15) is 19.3 Å². The van der Waals surface area contributed by atoms with Gasteiger partial charge in [0.2, 0.25) is 5.91 Å². The number of carbonyl (C=O) groups is 1. The molecular formula is C23H22ClFN6O2. The standard InChI is InChI=1S/C23H22ClFN6O2/c24-16-6-4-14(11-17(16)25)21-22(26-8-2-10-30-9-1-3-20(30)32)29-23(33)31(21)15-5-7-18-19(12-15)28-13-27-18/h4-7,11-13,26H,1-3,8-10H2,(H,27,28)(H,29,33). The number of carbonyl (C=O) groups excluding carboxylic acids is 1. The number of amides is 1. The first-order valence-electron chi connectivity index (χ1n) is 10.8. The Hall–Kier alpha value is -3.59. The summed E-state index contributed by atoms with van der Waals surface area (Å²) in [5.74, 6) is 0.0807. The largest absolute Gasteiger partial charge is 0.370 e. The van der Waals surface area contributed by atoms with Gasteiger partial charge >= 0.3 is 5.69 Å². The van der Waals surface area contributed by atoms with Crippen LogP contribution in [0.25, 0.3) is 28.0 Å². The third-order valence-electron chi connectivity index (χ3n) is 5.83. The fourth-order valence-electron chi connectivity index (χ4n) is 4.21. The lowest BCUT2D eigenvalue weighted by Crippen LogP contribution is -2.27. The van der Waals surface area contributed by atoms with E-state index in [9.17, 15) is 14.0 Å². The quantitative estimate of drug-likeness (QED) is 0.358. The Kier molecular flexibility index (Phi) is 5.63. The molecule has 4 aromatic rings. The number of benzene rings is 2. The maximum atomic E-state index is 14.3. The number of imidazole rings is 2. The first kappa shape index (κ1) is 21.3. The van der Waals surface area contributed by atoms with Gasteiger partial charge in [0, 0.05) is 31.6 Å². The summed E-state index contributed by atoms with van der Waals surface area (Å²) in [4.78, 5) is 36.8. The van der Waals surface area contributed by atoms with Gasteiger partial charge in [0.15, 0.2) is 0 Å². The number of aromatic nitrogens is 4. The van der Waals surface area contributed by atoms with Crippen LogP contribution >= 0.6 is 11.6 Å². The second-order valence-corrected chi connectivity index (χ2v) is 8.39. The maximum Gasteiger partial charge on any atom is 0.332 e. The van der Waals surface area contributed by atoms with E-state index >= 15 is 0 Å². The van der Waals surface area contributed by atoms with E-state index < -0.39 is 5.82 Å². The summed E-state index contributed by atoms with van der Waals surface area (Å²) in [6, 6.07) is 9.87. The smallest absolute Gasteiger partial charge is 0.332 e. The van der Waals surface area contributed by atoms with Crippen LogP contribution in [0.5, 0.6) is 0 Å². The average molecular weight is 469 g/mol. The predicted octanol–water partition coefficient (Wildman–Crippen LogP) is 3.93. The molecule has 1 amide bonds. The van der Waals surface area contributed by atoms with Gasteiger partial charge in [-0.25, -0.2) is 14.2 Å². The second kappa shape index (κ2) is 8.74. The first-order valence-corrected chi connectivity index (χ1v) is 11.1. The van der Waals surface area contributed by atoms with Crippen molar-refractivity contribution >= 4 is 34.4 Å². The lowest BCUT2D eigenvalue weighted by molar-refractivity contribution is -0.127. The van der Waals surface area contributed by atoms with Gasteiger partial charge in [0.1, 0.15) is 11.6 Å². The summed E-state index contributed by atoms with van der Waals surface area (Å²) >= 11 is 5.89. The third kappa shape index (κ3) is 4.11. The van der Waals surface area contributed by atoms with Gasteiger partial charge in [-0.3, -0.25) is 14.3 Å². The van der Waals surface area contributed by atoms with E-state index in [1.165, 1.54) is 16.7 Å². The zero-order valence-corrected chi connectivity index (χ0v) is 18.5. The van der Waals surface area contributed by atoms with Gasteiger partial charge in [-0.15, -0.1) is 0 Å². The number of anilines is 1. The number of H-pyrrole nitrogens is 2. The van der Waals surface area contributed by atoms with E-state index in [4.69, 9.17) is 11.6 Å². The van der Waals surface area contributed by atoms with Crippen molar-refractivity contribution in [3.8, 4) is 16.9 Å². The Bertz CT molecular complexity index is 1390. The van der Waals surface area contributed by atoms with Crippen molar-refractivity contribution in [3.63, 3.8) is 0 Å². The Morgan fingerprint density at radius 1 is 1.18 bits per heavy atom. The van der Waals surface area contributed by atoms with Crippen molar-refractivity contribution in [1.29, 1.82) is 0 Å². The van der Waals surface area contributed by atoms with Crippen molar-refractivity contribution in [1.82, 2.24) is 24.4 Å². The molecule has 1 fully saturated rings. The molecule has 0 radical (unpaired) electrons. The van der Waals surface area contributed by atoms with Crippen LogP contribution in [0.4, 0.5) is 10.2 Å². The first-order chi connectivity index (χ1) is 16.0. The fraction of sp³-hybridized carbons (Fsp3) is 0.261. The predicted molar refractivity (Wildman–Crippen MR) is 125 cm³/mol. The minimum absolute atomic E-state index is 0.00634. The van der Waals surface area contributed by atoms with Crippen molar-refractivity contribution in [2.24, 2.45) is 0 Å². The van der Waals surface area contributed by atoms with Gasteiger partial charge in [-0.2, -0.15) is 0 Å². The average Bonchev–Trinajstić information content (AvgIpc) is 3.51. The number of nitrogens with one attached hydrogen (secondary N) is 3. The van der Waals surface area contributed by atoms with Crippen LogP contribution in [0.2, 0.25) is 5.02 Å². The summed E-state index contributed by atoms with van der Waals surface area (Å²) in [5, 5.41) is 3.26. The van der Waals surface area contributed by atoms with Crippen LogP contribution < -0.4 is 11.0 Å². The van der Waals surface area contributed by atoms with Crippen LogP contribution in [0.3, 0.4) is 0 Å². The van der Waals surface area contributed by atoms with E-state index in [0.29, 0.717) is 48.7 Å². The lowest BCUT2D eigenvalue weighted by Gasteiger charge is -2.16. The van der Waals surface area contributed by atoms with Gasteiger partial charge in [0.05, 0.1) is 33.8 Å². The van der Waals surface area contributed by atoms with E-state index in [1.807, 2.05) is 17.0 Å². The zero-order valence-electron chi connectivity index (χ0n) is 17.7. The highest BCUT2D eigenvalue weighted by Gasteiger charge is 2.21. The molecule has 0 unspecified atom stereocenters. The summed E-state index contributed by atoms with van der Waals surface area (Å²) in [6.07, 6.45) is 3.81. The van der Waals surface area contributed by atoms with Gasteiger partial charge in [-0.05, 0) is 43.2 Å². The SMILES string of the molecule is O=C1CCCN1CCCNc1[nH]c(=O)n(-c2ccc3nc[nH]c3c2)c1-c1ccc(Cl)c(F)c1. The van der Waals surface area contributed by atoms with E-state index in [1.54, 1.807) is 18.5 Å². The highest BCUT2D eigenvalue weighted by molar-refractivity contribution is 6.30. The Morgan fingerprint density at radius 3 is 2.85 bits per heavy atom. The number of nitrogens with zero attached hydrogens (tertiary/aromatic N) is 3. The molecule has 0 aliphatic carbocycles. The molecule has 10 heteroatoms. The maximum absolute atomic E-state index is 14.3. The van der Waals surface area contributed by atoms with Crippen molar-refractivity contribution in [2.75, 3.05) is 25.0 Å². The lowest BCUT2D eigenvalue weighted by atomic mass is 10.1. The molecule has 0 spiro atoms. The molecule has 3 heterocycles. The summed E-state index contributed by atoms with van der Waals surface area (Å²) in [5.41, 5.74) is 2.78. The summed E-state index contributed by atoms with van der Waals surface area (Å²) in [7, 11) is 0. The second-order valence-electron chi connectivity index (χ2n) is 7.99. The zero-order chi connectivity index (χ0) is 22.9. The minimum atomic E-state index is -0.572. The molecule has 0 atom stereocenters. The topological polar surface area (TPSA) is 98.8 Å². The molecule has 3 N–H and O–H groups in total. The van der Waals surface area contributed by atoms with Crippen LogP contribution in [-0.4, -0.2) is 50.0 Å². The molecule has 8 nitrogen and oxygen atoms in total.